The molecule has 0 heterocycles. The summed E-state index contributed by atoms with van der Waals surface area (Å²) in [5.74, 6) is -0.0322. The maximum atomic E-state index is 12.6. The molecule has 0 aliphatic rings. The number of carbonyl (C=O) groups is 1. The van der Waals surface area contributed by atoms with Gasteiger partial charge in [-0.2, -0.15) is 0 Å². The Morgan fingerprint density at radius 2 is 2.00 bits per heavy atom. The number of nitrogens with zero attached hydrogens (tertiary/aromatic N) is 1. The minimum absolute atomic E-state index is 0.00475. The predicted molar refractivity (Wildman–Crippen MR) is 100 cm³/mol. The molecule has 0 amide bonds. The van der Waals surface area contributed by atoms with Crippen LogP contribution in [0.5, 0.6) is 5.75 Å². The van der Waals surface area contributed by atoms with Crippen LogP contribution in [0.2, 0.25) is 0 Å². The highest BCUT2D eigenvalue weighted by Gasteiger charge is 2.18. The summed E-state index contributed by atoms with van der Waals surface area (Å²) < 4.78 is 15.8. The molecule has 2 rings (SSSR count). The second kappa shape index (κ2) is 10.1. The van der Waals surface area contributed by atoms with Crippen LogP contribution in [0.3, 0.4) is 0 Å². The number of non-ortho nitro benzene ring substituents is 1. The van der Waals surface area contributed by atoms with Crippen molar-refractivity contribution in [2.75, 3.05) is 32.2 Å². The fraction of sp³-hybridized carbons (Fsp3) is 0.316. The number of hydrogen-bond donors (Lipinski definition) is 1. The fourth-order valence-electron chi connectivity index (χ4n) is 2.40. The molecule has 0 aromatic heterocycles. The molecule has 0 fully saturated rings. The first-order valence-corrected chi connectivity index (χ1v) is 8.45. The zero-order valence-corrected chi connectivity index (χ0v) is 15.3. The van der Waals surface area contributed by atoms with Gasteiger partial charge < -0.3 is 19.5 Å². The van der Waals surface area contributed by atoms with E-state index in [1.807, 2.05) is 19.1 Å². The van der Waals surface area contributed by atoms with E-state index < -0.39 is 10.9 Å². The van der Waals surface area contributed by atoms with Gasteiger partial charge in [0.2, 0.25) is 0 Å². The van der Waals surface area contributed by atoms with E-state index in [2.05, 4.69) is 5.32 Å². The van der Waals surface area contributed by atoms with Gasteiger partial charge in [-0.3, -0.25) is 10.1 Å². The molecule has 8 heteroatoms. The minimum Gasteiger partial charge on any atom is -0.493 e. The number of nitro groups is 1. The molecule has 0 saturated carbocycles. The number of nitro benzene ring substituents is 1. The normalized spacial score (nSPS) is 10.3. The Kier molecular flexibility index (Phi) is 7.57. The number of anilines is 1. The molecular weight excluding hydrogens is 352 g/mol. The van der Waals surface area contributed by atoms with Crippen molar-refractivity contribution in [2.24, 2.45) is 0 Å². The van der Waals surface area contributed by atoms with Gasteiger partial charge in [0.15, 0.2) is 0 Å². The molecule has 1 N–H and O–H groups in total. The van der Waals surface area contributed by atoms with Gasteiger partial charge in [-0.15, -0.1) is 0 Å². The molecule has 144 valence electrons. The van der Waals surface area contributed by atoms with Crippen molar-refractivity contribution in [1.29, 1.82) is 0 Å². The van der Waals surface area contributed by atoms with E-state index in [0.29, 0.717) is 36.8 Å². The molecule has 0 aliphatic heterocycles. The van der Waals surface area contributed by atoms with Crippen LogP contribution < -0.4 is 10.1 Å². The summed E-state index contributed by atoms with van der Waals surface area (Å²) in [7, 11) is 1.56. The Labute approximate surface area is 157 Å². The number of carbonyl (C=O) groups excluding carboxylic acids is 1. The maximum Gasteiger partial charge on any atom is 0.340 e. The number of rotatable bonds is 10. The average Bonchev–Trinajstić information content (AvgIpc) is 2.67. The number of ether oxygens (including phenoxy) is 3. The third-order valence-corrected chi connectivity index (χ3v) is 3.69. The molecule has 2 aromatic rings. The monoisotopic (exact) mass is 374 g/mol. The van der Waals surface area contributed by atoms with Crippen molar-refractivity contribution in [3.05, 3.63) is 63.7 Å². The van der Waals surface area contributed by atoms with Crippen molar-refractivity contribution in [1.82, 2.24) is 0 Å². The lowest BCUT2D eigenvalue weighted by Gasteiger charge is -2.13. The molecular formula is C19H22N2O6. The standard InChI is InChI=1S/C19H22N2O6/c1-3-26-18-7-5-4-6-14(18)13-27-19(22)16-12-15(21(23)24)8-9-17(16)20-10-11-25-2/h4-9,12,20H,3,10-11,13H2,1-2H3. The summed E-state index contributed by atoms with van der Waals surface area (Å²) in [6, 6.07) is 11.2. The molecule has 2 aromatic carbocycles. The third-order valence-electron chi connectivity index (χ3n) is 3.69. The van der Waals surface area contributed by atoms with Crippen LogP contribution >= 0.6 is 0 Å². The first-order chi connectivity index (χ1) is 13.1. The van der Waals surface area contributed by atoms with Crippen LogP contribution in [0.25, 0.3) is 0 Å². The second-order valence-electron chi connectivity index (χ2n) is 5.52. The van der Waals surface area contributed by atoms with Gasteiger partial charge in [-0.05, 0) is 19.1 Å². The lowest BCUT2D eigenvalue weighted by molar-refractivity contribution is -0.384. The van der Waals surface area contributed by atoms with Crippen molar-refractivity contribution >= 4 is 17.3 Å². The third kappa shape index (κ3) is 5.68. The highest BCUT2D eigenvalue weighted by atomic mass is 16.6. The Bertz CT molecular complexity index is 794. The van der Waals surface area contributed by atoms with Gasteiger partial charge in [0.25, 0.3) is 5.69 Å². The average molecular weight is 374 g/mol. The zero-order valence-electron chi connectivity index (χ0n) is 15.3. The maximum absolute atomic E-state index is 12.6. The predicted octanol–water partition coefficient (Wildman–Crippen LogP) is 3.41. The van der Waals surface area contributed by atoms with Crippen LogP contribution in [0.4, 0.5) is 11.4 Å². The number of benzene rings is 2. The summed E-state index contributed by atoms with van der Waals surface area (Å²) in [4.78, 5) is 23.0. The lowest BCUT2D eigenvalue weighted by Crippen LogP contribution is -2.13. The second-order valence-corrected chi connectivity index (χ2v) is 5.52. The number of nitrogens with one attached hydrogen (secondary N) is 1. The van der Waals surface area contributed by atoms with Crippen LogP contribution in [-0.2, 0) is 16.1 Å². The number of hydrogen-bond acceptors (Lipinski definition) is 7. The summed E-state index contributed by atoms with van der Waals surface area (Å²) in [5.41, 5.74) is 1.07. The van der Waals surface area contributed by atoms with Crippen LogP contribution in [0, 0.1) is 10.1 Å². The fourth-order valence-corrected chi connectivity index (χ4v) is 2.40. The van der Waals surface area contributed by atoms with Crippen LogP contribution in [0.15, 0.2) is 42.5 Å². The van der Waals surface area contributed by atoms with E-state index in [1.165, 1.54) is 18.2 Å². The zero-order chi connectivity index (χ0) is 19.6. The van der Waals surface area contributed by atoms with Gasteiger partial charge in [-0.1, -0.05) is 18.2 Å². The molecule has 0 unspecified atom stereocenters. The highest BCUT2D eigenvalue weighted by Crippen LogP contribution is 2.24. The SMILES string of the molecule is CCOc1ccccc1COC(=O)c1cc([N+](=O)[O-])ccc1NCCOC. The van der Waals surface area contributed by atoms with Crippen LogP contribution in [-0.4, -0.2) is 37.8 Å². The van der Waals surface area contributed by atoms with E-state index in [-0.39, 0.29) is 17.9 Å². The van der Waals surface area contributed by atoms with E-state index in [9.17, 15) is 14.9 Å². The summed E-state index contributed by atoms with van der Waals surface area (Å²) in [5, 5.41) is 14.1. The number of para-hydroxylation sites is 1. The number of esters is 1. The van der Waals surface area contributed by atoms with E-state index in [0.717, 1.165) is 0 Å². The smallest absolute Gasteiger partial charge is 0.340 e. The van der Waals surface area contributed by atoms with Crippen molar-refractivity contribution in [3.63, 3.8) is 0 Å². The van der Waals surface area contributed by atoms with Gasteiger partial charge in [0.05, 0.1) is 23.7 Å². The Morgan fingerprint density at radius 1 is 1.22 bits per heavy atom. The summed E-state index contributed by atoms with van der Waals surface area (Å²) in [6.45, 7) is 3.22. The van der Waals surface area contributed by atoms with Gasteiger partial charge in [0, 0.05) is 37.0 Å². The highest BCUT2D eigenvalue weighted by molar-refractivity contribution is 5.96. The topological polar surface area (TPSA) is 99.9 Å². The van der Waals surface area contributed by atoms with E-state index in [4.69, 9.17) is 14.2 Å². The van der Waals surface area contributed by atoms with Gasteiger partial charge in [-0.25, -0.2) is 4.79 Å². The molecule has 0 saturated heterocycles. The largest absolute Gasteiger partial charge is 0.493 e. The quantitative estimate of drug-likeness (QED) is 0.294. The first-order valence-electron chi connectivity index (χ1n) is 8.45. The molecule has 0 atom stereocenters. The Hall–Kier alpha value is -3.13. The van der Waals surface area contributed by atoms with Crippen molar-refractivity contribution in [2.45, 2.75) is 13.5 Å². The Balaban J connectivity index is 2.18. The van der Waals surface area contributed by atoms with Crippen LogP contribution in [0.1, 0.15) is 22.8 Å². The molecule has 27 heavy (non-hydrogen) atoms. The van der Waals surface area contributed by atoms with Gasteiger partial charge >= 0.3 is 5.97 Å². The molecule has 0 bridgehead atoms. The Morgan fingerprint density at radius 3 is 2.70 bits per heavy atom. The molecule has 0 aliphatic carbocycles. The lowest BCUT2D eigenvalue weighted by atomic mass is 10.1. The first kappa shape index (κ1) is 20.2. The van der Waals surface area contributed by atoms with E-state index in [1.54, 1.807) is 19.2 Å². The van der Waals surface area contributed by atoms with E-state index >= 15 is 0 Å². The summed E-state index contributed by atoms with van der Waals surface area (Å²) >= 11 is 0. The molecule has 0 radical (unpaired) electrons. The molecule has 0 spiro atoms. The molecule has 8 nitrogen and oxygen atoms in total. The minimum atomic E-state index is -0.662. The van der Waals surface area contributed by atoms with Crippen molar-refractivity contribution < 1.29 is 23.9 Å². The van der Waals surface area contributed by atoms with Gasteiger partial charge in [0.1, 0.15) is 12.4 Å². The summed E-state index contributed by atoms with van der Waals surface area (Å²) in [6.07, 6.45) is 0. The van der Waals surface area contributed by atoms with Crippen molar-refractivity contribution in [3.8, 4) is 5.75 Å². The number of methoxy groups -OCH3 is 1.